The van der Waals surface area contributed by atoms with E-state index in [1.807, 2.05) is 24.5 Å². The first-order valence-corrected chi connectivity index (χ1v) is 7.83. The minimum absolute atomic E-state index is 0.0153. The molecule has 4 nitrogen and oxygen atoms in total. The van der Waals surface area contributed by atoms with Gasteiger partial charge < -0.3 is 9.15 Å². The summed E-state index contributed by atoms with van der Waals surface area (Å²) in [6.45, 7) is 1.66. The van der Waals surface area contributed by atoms with Gasteiger partial charge in [0.05, 0.1) is 7.11 Å². The third kappa shape index (κ3) is 3.68. The van der Waals surface area contributed by atoms with Gasteiger partial charge in [-0.2, -0.15) is 0 Å². The monoisotopic (exact) mass is 316 g/mol. The normalized spacial score (nSPS) is 10.9. The number of carbonyl (C=O) groups is 1. The molecule has 1 aromatic carbocycles. The minimum atomic E-state index is -0.626. The van der Waals surface area contributed by atoms with Gasteiger partial charge in [0, 0.05) is 10.5 Å². The van der Waals surface area contributed by atoms with Crippen LogP contribution in [0.25, 0.3) is 6.08 Å². The zero-order chi connectivity index (χ0) is 16.1. The van der Waals surface area contributed by atoms with Crippen molar-refractivity contribution in [2.45, 2.75) is 11.8 Å². The predicted octanol–water partition coefficient (Wildman–Crippen LogP) is 3.57. The van der Waals surface area contributed by atoms with Crippen LogP contribution < -0.4 is 10.4 Å². The molecule has 1 heterocycles. The second kappa shape index (κ2) is 7.13. The summed E-state index contributed by atoms with van der Waals surface area (Å²) in [5.41, 5.74) is 0.158. The Morgan fingerprint density at radius 3 is 2.68 bits per heavy atom. The van der Waals surface area contributed by atoms with Crippen LogP contribution in [0.3, 0.4) is 0 Å². The Kier molecular flexibility index (Phi) is 5.22. The van der Waals surface area contributed by atoms with Crippen molar-refractivity contribution in [3.8, 4) is 5.75 Å². The molecule has 0 saturated heterocycles. The smallest absolute Gasteiger partial charge is 0.347 e. The Balaban J connectivity index is 2.28. The Labute approximate surface area is 132 Å². The lowest BCUT2D eigenvalue weighted by atomic mass is 10.1. The number of hydrogen-bond donors (Lipinski definition) is 0. The predicted molar refractivity (Wildman–Crippen MR) is 87.9 cm³/mol. The number of allylic oxidation sites excluding steroid dienone is 1. The first kappa shape index (κ1) is 16.1. The summed E-state index contributed by atoms with van der Waals surface area (Å²) in [5, 5.41) is 0. The van der Waals surface area contributed by atoms with E-state index in [0.717, 1.165) is 10.5 Å². The van der Waals surface area contributed by atoms with Crippen molar-refractivity contribution in [2.75, 3.05) is 13.4 Å². The average Bonchev–Trinajstić information content (AvgIpc) is 2.52. The van der Waals surface area contributed by atoms with Crippen LogP contribution in [0.5, 0.6) is 5.75 Å². The molecule has 0 fully saturated rings. The topological polar surface area (TPSA) is 56.5 Å². The van der Waals surface area contributed by atoms with Crippen LogP contribution in [-0.4, -0.2) is 19.1 Å². The first-order chi connectivity index (χ1) is 10.5. The van der Waals surface area contributed by atoms with E-state index in [1.54, 1.807) is 37.9 Å². The fourth-order valence-corrected chi connectivity index (χ4v) is 2.33. The summed E-state index contributed by atoms with van der Waals surface area (Å²) in [6.07, 6.45) is 4.95. The van der Waals surface area contributed by atoms with Crippen molar-refractivity contribution in [3.05, 3.63) is 63.7 Å². The highest BCUT2D eigenvalue weighted by Crippen LogP contribution is 2.26. The summed E-state index contributed by atoms with van der Waals surface area (Å²) in [7, 11) is 1.58. The maximum Gasteiger partial charge on any atom is 0.347 e. The van der Waals surface area contributed by atoms with E-state index in [-0.39, 0.29) is 5.56 Å². The lowest BCUT2D eigenvalue weighted by Gasteiger charge is -2.06. The molecule has 0 N–H and O–H groups in total. The van der Waals surface area contributed by atoms with E-state index >= 15 is 0 Å². The highest BCUT2D eigenvalue weighted by atomic mass is 32.2. The molecular weight excluding hydrogens is 300 g/mol. The summed E-state index contributed by atoms with van der Waals surface area (Å²) in [6, 6.07) is 8.77. The Morgan fingerprint density at radius 2 is 2.05 bits per heavy atom. The first-order valence-electron chi connectivity index (χ1n) is 6.60. The number of ketones is 1. The van der Waals surface area contributed by atoms with E-state index < -0.39 is 11.4 Å². The highest BCUT2D eigenvalue weighted by molar-refractivity contribution is 7.98. The van der Waals surface area contributed by atoms with Gasteiger partial charge in [-0.3, -0.25) is 4.79 Å². The lowest BCUT2D eigenvalue weighted by Crippen LogP contribution is -2.12. The number of thioether (sulfide) groups is 1. The molecule has 0 aliphatic carbocycles. The van der Waals surface area contributed by atoms with Crippen molar-refractivity contribution < 1.29 is 13.9 Å². The molecule has 0 bridgehead atoms. The standard InChI is InChI=1S/C17H16O4S/c1-11-4-8-14(17(19)21-11)15(18)9-6-12-5-7-13(22-3)10-16(12)20-2/h4-10H,1-3H3. The molecule has 22 heavy (non-hydrogen) atoms. The Hall–Kier alpha value is -2.27. The number of ether oxygens (including phenoxy) is 1. The van der Waals surface area contributed by atoms with Crippen LogP contribution in [0.1, 0.15) is 21.7 Å². The summed E-state index contributed by atoms with van der Waals surface area (Å²) < 4.78 is 10.2. The van der Waals surface area contributed by atoms with Gasteiger partial charge in [-0.25, -0.2) is 4.79 Å². The second-order valence-electron chi connectivity index (χ2n) is 4.55. The van der Waals surface area contributed by atoms with E-state index in [0.29, 0.717) is 11.5 Å². The van der Waals surface area contributed by atoms with Crippen LogP contribution in [0.4, 0.5) is 0 Å². The molecule has 0 amide bonds. The molecular formula is C17H16O4S. The van der Waals surface area contributed by atoms with Gasteiger partial charge in [0.1, 0.15) is 17.1 Å². The van der Waals surface area contributed by atoms with E-state index in [9.17, 15) is 9.59 Å². The fourth-order valence-electron chi connectivity index (χ4n) is 1.90. The van der Waals surface area contributed by atoms with Gasteiger partial charge >= 0.3 is 5.63 Å². The van der Waals surface area contributed by atoms with Crippen LogP contribution in [0, 0.1) is 6.92 Å². The van der Waals surface area contributed by atoms with Gasteiger partial charge in [-0.05, 0) is 49.6 Å². The number of carbonyl (C=O) groups excluding carboxylic acids is 1. The molecule has 0 atom stereocenters. The maximum atomic E-state index is 12.1. The van der Waals surface area contributed by atoms with Crippen molar-refractivity contribution >= 4 is 23.6 Å². The molecule has 5 heteroatoms. The average molecular weight is 316 g/mol. The SMILES string of the molecule is COc1cc(SC)ccc1C=CC(=O)c1ccc(C)oc1=O. The summed E-state index contributed by atoms with van der Waals surface area (Å²) >= 11 is 1.61. The van der Waals surface area contributed by atoms with Crippen LogP contribution >= 0.6 is 11.8 Å². The molecule has 1 aromatic heterocycles. The number of rotatable bonds is 5. The number of methoxy groups -OCH3 is 1. The molecule has 0 saturated carbocycles. The van der Waals surface area contributed by atoms with Crippen LogP contribution in [0.15, 0.2) is 50.5 Å². The Bertz CT molecular complexity index is 774. The molecule has 0 aliphatic heterocycles. The maximum absolute atomic E-state index is 12.1. The molecule has 2 aromatic rings. The quantitative estimate of drug-likeness (QED) is 0.479. The molecule has 114 valence electrons. The molecule has 0 unspecified atom stereocenters. The largest absolute Gasteiger partial charge is 0.496 e. The fraction of sp³-hybridized carbons (Fsp3) is 0.176. The summed E-state index contributed by atoms with van der Waals surface area (Å²) in [5.74, 6) is 0.747. The number of aryl methyl sites for hydroxylation is 1. The molecule has 0 radical (unpaired) electrons. The van der Waals surface area contributed by atoms with E-state index in [1.165, 1.54) is 12.1 Å². The van der Waals surface area contributed by atoms with Gasteiger partial charge in [0.25, 0.3) is 0 Å². The van der Waals surface area contributed by atoms with Gasteiger partial charge in [0.15, 0.2) is 5.78 Å². The molecule has 0 aliphatic rings. The number of hydrogen-bond acceptors (Lipinski definition) is 5. The van der Waals surface area contributed by atoms with Crippen LogP contribution in [-0.2, 0) is 0 Å². The third-order valence-corrected chi connectivity index (χ3v) is 3.80. The Morgan fingerprint density at radius 1 is 1.27 bits per heavy atom. The van der Waals surface area contributed by atoms with Crippen molar-refractivity contribution in [3.63, 3.8) is 0 Å². The second-order valence-corrected chi connectivity index (χ2v) is 5.43. The van der Waals surface area contributed by atoms with Gasteiger partial charge in [0.2, 0.25) is 0 Å². The van der Waals surface area contributed by atoms with E-state index in [2.05, 4.69) is 0 Å². The van der Waals surface area contributed by atoms with Crippen molar-refractivity contribution in [2.24, 2.45) is 0 Å². The minimum Gasteiger partial charge on any atom is -0.496 e. The van der Waals surface area contributed by atoms with Gasteiger partial charge in [-0.15, -0.1) is 11.8 Å². The molecule has 0 spiro atoms. The van der Waals surface area contributed by atoms with Crippen molar-refractivity contribution in [1.29, 1.82) is 0 Å². The van der Waals surface area contributed by atoms with Crippen LogP contribution in [0.2, 0.25) is 0 Å². The summed E-state index contributed by atoms with van der Waals surface area (Å²) in [4.78, 5) is 24.8. The third-order valence-electron chi connectivity index (χ3n) is 3.08. The van der Waals surface area contributed by atoms with E-state index in [4.69, 9.17) is 9.15 Å². The van der Waals surface area contributed by atoms with Gasteiger partial charge in [-0.1, -0.05) is 6.07 Å². The van der Waals surface area contributed by atoms with Crippen molar-refractivity contribution in [1.82, 2.24) is 0 Å². The lowest BCUT2D eigenvalue weighted by molar-refractivity contribution is 0.104. The zero-order valence-electron chi connectivity index (χ0n) is 12.6. The zero-order valence-corrected chi connectivity index (χ0v) is 13.4. The molecule has 2 rings (SSSR count). The highest BCUT2D eigenvalue weighted by Gasteiger charge is 2.09. The number of benzene rings is 1.